The summed E-state index contributed by atoms with van der Waals surface area (Å²) in [5.74, 6) is -1.02. The number of carbonyl (C=O) groups is 1. The number of hydrogen-bond donors (Lipinski definition) is 1. The third kappa shape index (κ3) is 4.77. The summed E-state index contributed by atoms with van der Waals surface area (Å²) < 4.78 is 29.3. The number of carboxylic acids is 1. The van der Waals surface area contributed by atoms with Crippen LogP contribution >= 0.6 is 11.6 Å². The number of rotatable bonds is 7. The van der Waals surface area contributed by atoms with Crippen LogP contribution in [0.1, 0.15) is 24.2 Å². The van der Waals surface area contributed by atoms with Crippen molar-refractivity contribution < 1.29 is 23.1 Å². The normalized spacial score (nSPS) is 11.8. The maximum atomic E-state index is 12.0. The van der Waals surface area contributed by atoms with Crippen LogP contribution in [-0.2, 0) is 14.6 Å². The van der Waals surface area contributed by atoms with E-state index in [0.29, 0.717) is 12.5 Å². The maximum Gasteiger partial charge on any atom is 0.337 e. The Labute approximate surface area is 123 Å². The minimum Gasteiger partial charge on any atom is -0.478 e. The van der Waals surface area contributed by atoms with Crippen molar-refractivity contribution in [2.75, 3.05) is 19.0 Å². The summed E-state index contributed by atoms with van der Waals surface area (Å²) in [7, 11) is -3.53. The van der Waals surface area contributed by atoms with Crippen molar-refractivity contribution in [3.8, 4) is 0 Å². The molecule has 0 amide bonds. The van der Waals surface area contributed by atoms with E-state index in [-0.39, 0.29) is 27.8 Å². The van der Waals surface area contributed by atoms with Crippen LogP contribution in [0.3, 0.4) is 0 Å². The first kappa shape index (κ1) is 16.9. The number of sulfone groups is 1. The lowest BCUT2D eigenvalue weighted by Gasteiger charge is -2.08. The third-order valence-electron chi connectivity index (χ3n) is 2.48. The highest BCUT2D eigenvalue weighted by Gasteiger charge is 2.17. The van der Waals surface area contributed by atoms with E-state index >= 15 is 0 Å². The third-order valence-corrected chi connectivity index (χ3v) is 4.47. The molecule has 1 aromatic rings. The fraction of sp³-hybridized carbons (Fsp3) is 0.462. The largest absolute Gasteiger partial charge is 0.478 e. The molecule has 0 unspecified atom stereocenters. The molecular formula is C13H17ClO5S. The van der Waals surface area contributed by atoms with Crippen LogP contribution in [-0.4, -0.2) is 38.5 Å². The Balaban J connectivity index is 2.78. The minimum absolute atomic E-state index is 0.000599. The van der Waals surface area contributed by atoms with E-state index in [1.807, 2.05) is 13.8 Å². The molecule has 0 aliphatic carbocycles. The molecule has 112 valence electrons. The zero-order valence-corrected chi connectivity index (χ0v) is 12.9. The van der Waals surface area contributed by atoms with E-state index in [4.69, 9.17) is 21.4 Å². The van der Waals surface area contributed by atoms with Gasteiger partial charge in [0.2, 0.25) is 0 Å². The van der Waals surface area contributed by atoms with Gasteiger partial charge in [-0.1, -0.05) is 25.4 Å². The van der Waals surface area contributed by atoms with E-state index in [9.17, 15) is 13.2 Å². The summed E-state index contributed by atoms with van der Waals surface area (Å²) in [4.78, 5) is 10.8. The summed E-state index contributed by atoms with van der Waals surface area (Å²) in [6.07, 6.45) is 0. The molecule has 0 aliphatic heterocycles. The Morgan fingerprint density at radius 2 is 2.05 bits per heavy atom. The van der Waals surface area contributed by atoms with Gasteiger partial charge in [0.05, 0.1) is 27.8 Å². The van der Waals surface area contributed by atoms with Crippen molar-refractivity contribution in [2.24, 2.45) is 5.92 Å². The van der Waals surface area contributed by atoms with Crippen LogP contribution < -0.4 is 0 Å². The molecule has 0 saturated heterocycles. The summed E-state index contributed by atoms with van der Waals surface area (Å²) in [6, 6.07) is 3.59. The molecule has 0 aliphatic rings. The number of halogens is 1. The van der Waals surface area contributed by atoms with Crippen molar-refractivity contribution in [3.05, 3.63) is 28.8 Å². The van der Waals surface area contributed by atoms with E-state index in [1.54, 1.807) is 0 Å². The second kappa shape index (κ2) is 7.06. The molecule has 1 rings (SSSR count). The Morgan fingerprint density at radius 3 is 2.55 bits per heavy atom. The topological polar surface area (TPSA) is 80.7 Å². The maximum absolute atomic E-state index is 12.0. The average molecular weight is 321 g/mol. The standard InChI is InChI=1S/C13H17ClO5S/c1-9(2)8-19-5-6-20(17,18)10-3-4-11(13(15)16)12(14)7-10/h3-4,7,9H,5-6,8H2,1-2H3,(H,15,16). The van der Waals surface area contributed by atoms with Gasteiger partial charge in [0.25, 0.3) is 0 Å². The fourth-order valence-corrected chi connectivity index (χ4v) is 2.94. The predicted molar refractivity (Wildman–Crippen MR) is 76.1 cm³/mol. The lowest BCUT2D eigenvalue weighted by Crippen LogP contribution is -2.14. The van der Waals surface area contributed by atoms with Crippen LogP contribution in [0.5, 0.6) is 0 Å². The van der Waals surface area contributed by atoms with Crippen LogP contribution in [0.25, 0.3) is 0 Å². The van der Waals surface area contributed by atoms with E-state index in [0.717, 1.165) is 6.07 Å². The molecule has 0 radical (unpaired) electrons. The first-order valence-corrected chi connectivity index (χ1v) is 8.10. The van der Waals surface area contributed by atoms with Gasteiger partial charge < -0.3 is 9.84 Å². The highest BCUT2D eigenvalue weighted by Crippen LogP contribution is 2.21. The molecule has 0 fully saturated rings. The minimum atomic E-state index is -3.53. The molecule has 0 atom stereocenters. The zero-order valence-electron chi connectivity index (χ0n) is 11.3. The lowest BCUT2D eigenvalue weighted by molar-refractivity contribution is 0.0697. The number of hydrogen-bond acceptors (Lipinski definition) is 4. The van der Waals surface area contributed by atoms with E-state index < -0.39 is 15.8 Å². The van der Waals surface area contributed by atoms with Gasteiger partial charge in [0.15, 0.2) is 9.84 Å². The first-order valence-electron chi connectivity index (χ1n) is 6.07. The van der Waals surface area contributed by atoms with Gasteiger partial charge in [-0.2, -0.15) is 0 Å². The smallest absolute Gasteiger partial charge is 0.337 e. The van der Waals surface area contributed by atoms with Crippen molar-refractivity contribution >= 4 is 27.4 Å². The summed E-state index contributed by atoms with van der Waals surface area (Å²) in [6.45, 7) is 4.53. The van der Waals surface area contributed by atoms with Gasteiger partial charge in [0, 0.05) is 6.61 Å². The van der Waals surface area contributed by atoms with E-state index in [1.165, 1.54) is 12.1 Å². The molecule has 20 heavy (non-hydrogen) atoms. The molecule has 7 heteroatoms. The predicted octanol–water partition coefficient (Wildman–Crippen LogP) is 2.48. The fourth-order valence-electron chi connectivity index (χ4n) is 1.47. The molecule has 0 aromatic heterocycles. The van der Waals surface area contributed by atoms with Gasteiger partial charge in [-0.25, -0.2) is 13.2 Å². The Hall–Kier alpha value is -1.11. The Kier molecular flexibility index (Phi) is 5.98. The van der Waals surface area contributed by atoms with Crippen LogP contribution in [0.4, 0.5) is 0 Å². The van der Waals surface area contributed by atoms with Crippen LogP contribution in [0, 0.1) is 5.92 Å². The van der Waals surface area contributed by atoms with Gasteiger partial charge in [0.1, 0.15) is 0 Å². The summed E-state index contributed by atoms with van der Waals surface area (Å²) >= 11 is 5.76. The first-order chi connectivity index (χ1) is 9.24. The molecule has 0 heterocycles. The lowest BCUT2D eigenvalue weighted by atomic mass is 10.2. The SMILES string of the molecule is CC(C)COCCS(=O)(=O)c1ccc(C(=O)O)c(Cl)c1. The molecular weight excluding hydrogens is 304 g/mol. The molecule has 0 spiro atoms. The zero-order chi connectivity index (χ0) is 15.3. The van der Waals surface area contributed by atoms with Crippen molar-refractivity contribution in [1.82, 2.24) is 0 Å². The van der Waals surface area contributed by atoms with Gasteiger partial charge >= 0.3 is 5.97 Å². The number of aromatic carboxylic acids is 1. The van der Waals surface area contributed by atoms with Crippen molar-refractivity contribution in [2.45, 2.75) is 18.7 Å². The molecule has 1 aromatic carbocycles. The van der Waals surface area contributed by atoms with E-state index in [2.05, 4.69) is 0 Å². The number of carboxylic acid groups (broad SMARTS) is 1. The monoisotopic (exact) mass is 320 g/mol. The highest BCUT2D eigenvalue weighted by atomic mass is 35.5. The van der Waals surface area contributed by atoms with Gasteiger partial charge in [-0.15, -0.1) is 0 Å². The average Bonchev–Trinajstić information content (AvgIpc) is 2.34. The second-order valence-electron chi connectivity index (χ2n) is 4.73. The molecule has 0 saturated carbocycles. The second-order valence-corrected chi connectivity index (χ2v) is 7.25. The molecule has 5 nitrogen and oxygen atoms in total. The molecule has 1 N–H and O–H groups in total. The quantitative estimate of drug-likeness (QED) is 0.781. The Bertz CT molecular complexity index is 580. The van der Waals surface area contributed by atoms with Crippen LogP contribution in [0.15, 0.2) is 23.1 Å². The number of ether oxygens (including phenoxy) is 1. The van der Waals surface area contributed by atoms with Crippen molar-refractivity contribution in [3.63, 3.8) is 0 Å². The number of benzene rings is 1. The summed E-state index contributed by atoms with van der Waals surface area (Å²) in [5.41, 5.74) is -0.123. The van der Waals surface area contributed by atoms with Crippen LogP contribution in [0.2, 0.25) is 5.02 Å². The van der Waals surface area contributed by atoms with Crippen molar-refractivity contribution in [1.29, 1.82) is 0 Å². The van der Waals surface area contributed by atoms with Gasteiger partial charge in [-0.05, 0) is 24.1 Å². The molecule has 0 bridgehead atoms. The highest BCUT2D eigenvalue weighted by molar-refractivity contribution is 7.91. The summed E-state index contributed by atoms with van der Waals surface area (Å²) in [5, 5.41) is 8.74. The van der Waals surface area contributed by atoms with Gasteiger partial charge in [-0.3, -0.25) is 0 Å². The Morgan fingerprint density at radius 1 is 1.40 bits per heavy atom.